The number of anilines is 1. The summed E-state index contributed by atoms with van der Waals surface area (Å²) in [4.78, 5) is 16.0. The van der Waals surface area contributed by atoms with E-state index in [0.29, 0.717) is 10.7 Å². The topological polar surface area (TPSA) is 62.2 Å². The Morgan fingerprint density at radius 1 is 1.42 bits per heavy atom. The van der Waals surface area contributed by atoms with Gasteiger partial charge in [-0.1, -0.05) is 37.3 Å². The molecule has 0 bridgehead atoms. The SMILES string of the molecule is CCc1csc(NC(C)(C(=O)O)c2ccccc2)n1. The van der Waals surface area contributed by atoms with Crippen LogP contribution in [0, 0.1) is 0 Å². The first kappa shape index (κ1) is 13.5. The predicted molar refractivity (Wildman–Crippen MR) is 76.5 cm³/mol. The number of hydrogen-bond acceptors (Lipinski definition) is 4. The van der Waals surface area contributed by atoms with E-state index in [9.17, 15) is 9.90 Å². The molecule has 0 aliphatic carbocycles. The van der Waals surface area contributed by atoms with Crippen LogP contribution in [0.2, 0.25) is 0 Å². The summed E-state index contributed by atoms with van der Waals surface area (Å²) in [7, 11) is 0. The lowest BCUT2D eigenvalue weighted by Gasteiger charge is -2.26. The molecule has 1 unspecified atom stereocenters. The summed E-state index contributed by atoms with van der Waals surface area (Å²) >= 11 is 1.43. The van der Waals surface area contributed by atoms with Crippen LogP contribution in [0.25, 0.3) is 0 Å². The van der Waals surface area contributed by atoms with E-state index in [-0.39, 0.29) is 0 Å². The molecule has 100 valence electrons. The number of thiazole rings is 1. The molecule has 5 heteroatoms. The Labute approximate surface area is 116 Å². The van der Waals surface area contributed by atoms with E-state index in [2.05, 4.69) is 10.3 Å². The molecular formula is C14H16N2O2S. The van der Waals surface area contributed by atoms with Crippen LogP contribution in [-0.4, -0.2) is 16.1 Å². The summed E-state index contributed by atoms with van der Waals surface area (Å²) < 4.78 is 0. The maximum atomic E-state index is 11.6. The van der Waals surface area contributed by atoms with Crippen molar-refractivity contribution in [3.63, 3.8) is 0 Å². The van der Waals surface area contributed by atoms with Gasteiger partial charge in [-0.25, -0.2) is 9.78 Å². The van der Waals surface area contributed by atoms with E-state index < -0.39 is 11.5 Å². The molecule has 4 nitrogen and oxygen atoms in total. The highest BCUT2D eigenvalue weighted by Gasteiger charge is 2.35. The first-order valence-corrected chi connectivity index (χ1v) is 6.95. The third kappa shape index (κ3) is 2.76. The minimum atomic E-state index is -1.18. The lowest BCUT2D eigenvalue weighted by Crippen LogP contribution is -2.40. The number of nitrogens with zero attached hydrogens (tertiary/aromatic N) is 1. The van der Waals surface area contributed by atoms with Crippen LogP contribution >= 0.6 is 11.3 Å². The maximum Gasteiger partial charge on any atom is 0.333 e. The van der Waals surface area contributed by atoms with Crippen LogP contribution in [0.3, 0.4) is 0 Å². The van der Waals surface area contributed by atoms with Crippen molar-refractivity contribution in [2.75, 3.05) is 5.32 Å². The minimum absolute atomic E-state index is 0.630. The average molecular weight is 276 g/mol. The third-order valence-corrected chi connectivity index (χ3v) is 3.86. The molecule has 0 fully saturated rings. The molecule has 0 saturated carbocycles. The number of aryl methyl sites for hydroxylation is 1. The third-order valence-electron chi connectivity index (χ3n) is 3.05. The molecule has 2 N–H and O–H groups in total. The molecule has 2 aromatic rings. The Hall–Kier alpha value is -1.88. The van der Waals surface area contributed by atoms with Crippen molar-refractivity contribution in [1.82, 2.24) is 4.98 Å². The van der Waals surface area contributed by atoms with E-state index >= 15 is 0 Å². The number of hydrogen-bond donors (Lipinski definition) is 2. The zero-order chi connectivity index (χ0) is 13.9. The van der Waals surface area contributed by atoms with Crippen molar-refractivity contribution >= 4 is 22.4 Å². The molecule has 2 rings (SSSR count). The van der Waals surface area contributed by atoms with E-state index in [1.165, 1.54) is 11.3 Å². The molecule has 1 heterocycles. The van der Waals surface area contributed by atoms with Crippen LogP contribution in [0.4, 0.5) is 5.13 Å². The molecule has 0 aliphatic rings. The smallest absolute Gasteiger partial charge is 0.333 e. The Kier molecular flexibility index (Phi) is 3.85. The molecular weight excluding hydrogens is 260 g/mol. The fourth-order valence-corrected chi connectivity index (χ4v) is 2.66. The van der Waals surface area contributed by atoms with Crippen molar-refractivity contribution in [2.24, 2.45) is 0 Å². The Balaban J connectivity index is 2.33. The summed E-state index contributed by atoms with van der Waals surface area (Å²) in [5.74, 6) is -0.924. The summed E-state index contributed by atoms with van der Waals surface area (Å²) in [6.45, 7) is 3.67. The quantitative estimate of drug-likeness (QED) is 0.880. The Morgan fingerprint density at radius 3 is 2.63 bits per heavy atom. The Bertz CT molecular complexity index is 568. The molecule has 1 aromatic heterocycles. The van der Waals surface area contributed by atoms with Crippen molar-refractivity contribution in [3.05, 3.63) is 47.0 Å². The first-order valence-electron chi connectivity index (χ1n) is 6.07. The van der Waals surface area contributed by atoms with E-state index in [1.807, 2.05) is 30.5 Å². The second kappa shape index (κ2) is 5.40. The van der Waals surface area contributed by atoms with Crippen molar-refractivity contribution in [3.8, 4) is 0 Å². The maximum absolute atomic E-state index is 11.6. The minimum Gasteiger partial charge on any atom is -0.479 e. The van der Waals surface area contributed by atoms with E-state index in [1.54, 1.807) is 19.1 Å². The molecule has 19 heavy (non-hydrogen) atoms. The summed E-state index contributed by atoms with van der Waals surface area (Å²) in [6, 6.07) is 9.13. The highest BCUT2D eigenvalue weighted by molar-refractivity contribution is 7.13. The fourth-order valence-electron chi connectivity index (χ4n) is 1.76. The largest absolute Gasteiger partial charge is 0.479 e. The van der Waals surface area contributed by atoms with Gasteiger partial charge in [0.15, 0.2) is 10.7 Å². The lowest BCUT2D eigenvalue weighted by atomic mass is 9.92. The van der Waals surface area contributed by atoms with Gasteiger partial charge in [-0.3, -0.25) is 0 Å². The van der Waals surface area contributed by atoms with Gasteiger partial charge in [-0.05, 0) is 18.9 Å². The van der Waals surface area contributed by atoms with Crippen molar-refractivity contribution in [2.45, 2.75) is 25.8 Å². The van der Waals surface area contributed by atoms with Crippen LogP contribution in [0.15, 0.2) is 35.7 Å². The van der Waals surface area contributed by atoms with Gasteiger partial charge in [0.2, 0.25) is 0 Å². The number of carboxylic acids is 1. The van der Waals surface area contributed by atoms with Crippen LogP contribution in [0.5, 0.6) is 0 Å². The van der Waals surface area contributed by atoms with Crippen LogP contribution in [0.1, 0.15) is 25.1 Å². The van der Waals surface area contributed by atoms with Crippen molar-refractivity contribution < 1.29 is 9.90 Å². The standard InChI is InChI=1S/C14H16N2O2S/c1-3-11-9-19-13(15-11)16-14(2,12(17)18)10-7-5-4-6-8-10/h4-9H,3H2,1-2H3,(H,15,16)(H,17,18). The molecule has 1 aromatic carbocycles. The lowest BCUT2D eigenvalue weighted by molar-refractivity contribution is -0.142. The number of benzene rings is 1. The Morgan fingerprint density at radius 2 is 2.11 bits per heavy atom. The van der Waals surface area contributed by atoms with E-state index in [0.717, 1.165) is 12.1 Å². The predicted octanol–water partition coefficient (Wildman–Crippen LogP) is 3.12. The number of rotatable bonds is 5. The summed E-state index contributed by atoms with van der Waals surface area (Å²) in [6.07, 6.45) is 0.841. The van der Waals surface area contributed by atoms with Gasteiger partial charge in [-0.15, -0.1) is 11.3 Å². The van der Waals surface area contributed by atoms with Gasteiger partial charge in [0, 0.05) is 5.38 Å². The number of aromatic nitrogens is 1. The normalized spacial score (nSPS) is 13.8. The number of nitrogens with one attached hydrogen (secondary N) is 1. The number of carboxylic acid groups (broad SMARTS) is 1. The second-order valence-corrected chi connectivity index (χ2v) is 5.28. The molecule has 0 spiro atoms. The summed E-state index contributed by atoms with van der Waals surface area (Å²) in [5.41, 5.74) is 0.494. The zero-order valence-electron chi connectivity index (χ0n) is 10.9. The van der Waals surface area contributed by atoms with Gasteiger partial charge in [0.1, 0.15) is 0 Å². The van der Waals surface area contributed by atoms with Crippen LogP contribution < -0.4 is 5.32 Å². The zero-order valence-corrected chi connectivity index (χ0v) is 11.7. The molecule has 0 radical (unpaired) electrons. The van der Waals surface area contributed by atoms with Crippen molar-refractivity contribution in [1.29, 1.82) is 0 Å². The average Bonchev–Trinajstić information content (AvgIpc) is 2.87. The molecule has 0 aliphatic heterocycles. The first-order chi connectivity index (χ1) is 9.06. The van der Waals surface area contributed by atoms with Gasteiger partial charge in [0.25, 0.3) is 0 Å². The molecule has 1 atom stereocenters. The summed E-state index contributed by atoms with van der Waals surface area (Å²) in [5, 5.41) is 15.1. The van der Waals surface area contributed by atoms with Gasteiger partial charge >= 0.3 is 5.97 Å². The van der Waals surface area contributed by atoms with Crippen LogP contribution in [-0.2, 0) is 16.8 Å². The molecule has 0 saturated heterocycles. The molecule has 0 amide bonds. The second-order valence-electron chi connectivity index (χ2n) is 4.42. The highest BCUT2D eigenvalue weighted by atomic mass is 32.1. The number of carbonyl (C=O) groups is 1. The van der Waals surface area contributed by atoms with Gasteiger partial charge in [0.05, 0.1) is 5.69 Å². The monoisotopic (exact) mass is 276 g/mol. The van der Waals surface area contributed by atoms with E-state index in [4.69, 9.17) is 0 Å². The number of aliphatic carboxylic acids is 1. The van der Waals surface area contributed by atoms with Gasteiger partial charge < -0.3 is 10.4 Å². The van der Waals surface area contributed by atoms with Gasteiger partial charge in [-0.2, -0.15) is 0 Å². The highest BCUT2D eigenvalue weighted by Crippen LogP contribution is 2.28. The fraction of sp³-hybridized carbons (Fsp3) is 0.286.